The minimum Gasteiger partial charge on any atom is -0.366 e. The van der Waals surface area contributed by atoms with Crippen LogP contribution in [0.2, 0.25) is 0 Å². The van der Waals surface area contributed by atoms with Crippen LogP contribution in [0.5, 0.6) is 0 Å². The van der Waals surface area contributed by atoms with E-state index in [9.17, 15) is 4.79 Å². The lowest BCUT2D eigenvalue weighted by Crippen LogP contribution is -2.13. The van der Waals surface area contributed by atoms with Crippen LogP contribution in [-0.4, -0.2) is 5.91 Å². The number of carbonyl (C=O) groups is 1. The summed E-state index contributed by atoms with van der Waals surface area (Å²) in [6.07, 6.45) is 9.43. The lowest BCUT2D eigenvalue weighted by atomic mass is 10.1. The molecule has 1 amide bonds. The predicted octanol–water partition coefficient (Wildman–Crippen LogP) is 0.834. The lowest BCUT2D eigenvalue weighted by Gasteiger charge is -1.98. The Kier molecular flexibility index (Phi) is 1.09. The third-order valence-electron chi connectivity index (χ3n) is 1.83. The highest BCUT2D eigenvalue weighted by molar-refractivity contribution is 6.00. The first-order valence-electron chi connectivity index (χ1n) is 3.40. The molecule has 54 valence electrons. The minimum atomic E-state index is -0.355. The van der Waals surface area contributed by atoms with Crippen LogP contribution in [-0.2, 0) is 4.79 Å². The predicted molar refractivity (Wildman–Crippen MR) is 42.6 cm³/mol. The molecule has 0 atom stereocenters. The zero-order chi connectivity index (χ0) is 7.84. The molecule has 0 saturated heterocycles. The van der Waals surface area contributed by atoms with Gasteiger partial charge in [-0.3, -0.25) is 4.79 Å². The number of allylic oxidation sites excluding steroid dienone is 6. The fourth-order valence-electron chi connectivity index (χ4n) is 1.30. The number of nitrogens with two attached hydrogens (primary N) is 1. The van der Waals surface area contributed by atoms with Gasteiger partial charge in [-0.2, -0.15) is 0 Å². The Labute approximate surface area is 64.4 Å². The molecule has 0 fully saturated rings. The fourth-order valence-corrected chi connectivity index (χ4v) is 1.30. The van der Waals surface area contributed by atoms with Crippen molar-refractivity contribution >= 4 is 5.91 Å². The van der Waals surface area contributed by atoms with Crippen molar-refractivity contribution in [1.82, 2.24) is 0 Å². The quantitative estimate of drug-likeness (QED) is 0.583. The average Bonchev–Trinajstić information content (AvgIpc) is 2.41. The number of primary amides is 1. The molecule has 2 aliphatic rings. The van der Waals surface area contributed by atoms with E-state index in [0.717, 1.165) is 11.1 Å². The summed E-state index contributed by atoms with van der Waals surface area (Å²) in [6, 6.07) is 0. The summed E-state index contributed by atoms with van der Waals surface area (Å²) in [5.74, 6) is -0.355. The highest BCUT2D eigenvalue weighted by Gasteiger charge is 2.19. The van der Waals surface area contributed by atoms with Crippen LogP contribution >= 0.6 is 0 Å². The largest absolute Gasteiger partial charge is 0.366 e. The Bertz CT molecular complexity index is 343. The van der Waals surface area contributed by atoms with Crippen LogP contribution < -0.4 is 5.73 Å². The van der Waals surface area contributed by atoms with Crippen molar-refractivity contribution in [2.45, 2.75) is 0 Å². The number of fused-ring (bicyclic) bond motifs is 1. The highest BCUT2D eigenvalue weighted by atomic mass is 16.1. The summed E-state index contributed by atoms with van der Waals surface area (Å²) in [6.45, 7) is 0. The number of hydrogen-bond acceptors (Lipinski definition) is 1. The number of rotatable bonds is 1. The Morgan fingerprint density at radius 2 is 2.09 bits per heavy atom. The van der Waals surface area contributed by atoms with Gasteiger partial charge < -0.3 is 5.73 Å². The van der Waals surface area contributed by atoms with Gasteiger partial charge >= 0.3 is 0 Å². The van der Waals surface area contributed by atoms with Gasteiger partial charge in [-0.25, -0.2) is 0 Å². The summed E-state index contributed by atoms with van der Waals surface area (Å²) < 4.78 is 0. The van der Waals surface area contributed by atoms with Crippen LogP contribution in [0.1, 0.15) is 0 Å². The smallest absolute Gasteiger partial charge is 0.249 e. The highest BCUT2D eigenvalue weighted by Crippen LogP contribution is 2.30. The second-order valence-corrected chi connectivity index (χ2v) is 2.51. The van der Waals surface area contributed by atoms with Gasteiger partial charge in [0.1, 0.15) is 0 Å². The van der Waals surface area contributed by atoms with E-state index in [1.54, 1.807) is 6.08 Å². The third kappa shape index (κ3) is 0.759. The second-order valence-electron chi connectivity index (χ2n) is 2.51. The molecule has 0 radical (unpaired) electrons. The maximum absolute atomic E-state index is 10.8. The Hall–Kier alpha value is -1.57. The molecule has 0 spiro atoms. The molecule has 0 aliphatic heterocycles. The van der Waals surface area contributed by atoms with E-state index in [2.05, 4.69) is 0 Å². The first-order valence-corrected chi connectivity index (χ1v) is 3.40. The van der Waals surface area contributed by atoms with Gasteiger partial charge in [0.25, 0.3) is 0 Å². The number of hydrogen-bond donors (Lipinski definition) is 1. The van der Waals surface area contributed by atoms with E-state index < -0.39 is 0 Å². The second kappa shape index (κ2) is 1.95. The van der Waals surface area contributed by atoms with E-state index in [-0.39, 0.29) is 5.91 Å². The lowest BCUT2D eigenvalue weighted by molar-refractivity contribution is -0.114. The summed E-state index contributed by atoms with van der Waals surface area (Å²) in [5, 5.41) is 0. The number of amides is 1. The summed E-state index contributed by atoms with van der Waals surface area (Å²) in [5.41, 5.74) is 7.80. The van der Waals surface area contributed by atoms with Gasteiger partial charge in [-0.05, 0) is 17.2 Å². The molecule has 2 nitrogen and oxygen atoms in total. The topological polar surface area (TPSA) is 43.1 Å². The van der Waals surface area contributed by atoms with Crippen molar-refractivity contribution in [1.29, 1.82) is 0 Å². The molecule has 0 bridgehead atoms. The van der Waals surface area contributed by atoms with E-state index in [4.69, 9.17) is 5.73 Å². The number of carbonyl (C=O) groups excluding carboxylic acids is 1. The first kappa shape index (κ1) is 6.16. The average molecular weight is 145 g/mol. The third-order valence-corrected chi connectivity index (χ3v) is 1.83. The standard InChI is InChI=1S/C9H7NO/c10-9(11)8-5-4-6-2-1-3-7(6)8/h1-5H,(H2,10,11). The van der Waals surface area contributed by atoms with Crippen molar-refractivity contribution in [2.75, 3.05) is 0 Å². The molecule has 2 rings (SSSR count). The molecule has 11 heavy (non-hydrogen) atoms. The van der Waals surface area contributed by atoms with Gasteiger partial charge in [-0.1, -0.05) is 24.3 Å². The van der Waals surface area contributed by atoms with Crippen LogP contribution in [0.25, 0.3) is 0 Å². The van der Waals surface area contributed by atoms with Gasteiger partial charge in [0.15, 0.2) is 0 Å². The molecule has 0 aromatic rings. The normalized spacial score (nSPS) is 19.1. The fraction of sp³-hybridized carbons (Fsp3) is 0. The zero-order valence-corrected chi connectivity index (χ0v) is 5.87. The molecule has 0 aromatic carbocycles. The van der Waals surface area contributed by atoms with Crippen LogP contribution in [0, 0.1) is 0 Å². The summed E-state index contributed by atoms with van der Waals surface area (Å²) in [7, 11) is 0. The Balaban J connectivity index is 2.41. The van der Waals surface area contributed by atoms with Crippen molar-refractivity contribution in [3.8, 4) is 0 Å². The Morgan fingerprint density at radius 3 is 2.82 bits per heavy atom. The molecule has 0 heterocycles. The zero-order valence-electron chi connectivity index (χ0n) is 5.87. The molecule has 0 unspecified atom stereocenters. The maximum atomic E-state index is 10.8. The minimum absolute atomic E-state index is 0.355. The molecule has 2 N–H and O–H groups in total. The molecular weight excluding hydrogens is 138 g/mol. The van der Waals surface area contributed by atoms with Gasteiger partial charge in [-0.15, -0.1) is 0 Å². The summed E-state index contributed by atoms with van der Waals surface area (Å²) >= 11 is 0. The van der Waals surface area contributed by atoms with Crippen LogP contribution in [0.4, 0.5) is 0 Å². The van der Waals surface area contributed by atoms with Crippen molar-refractivity contribution in [3.63, 3.8) is 0 Å². The van der Waals surface area contributed by atoms with Crippen molar-refractivity contribution < 1.29 is 4.79 Å². The van der Waals surface area contributed by atoms with E-state index in [1.165, 1.54) is 0 Å². The van der Waals surface area contributed by atoms with Crippen LogP contribution in [0.15, 0.2) is 47.1 Å². The van der Waals surface area contributed by atoms with E-state index in [0.29, 0.717) is 5.57 Å². The van der Waals surface area contributed by atoms with E-state index in [1.807, 2.05) is 24.3 Å². The van der Waals surface area contributed by atoms with Crippen LogP contribution in [0.3, 0.4) is 0 Å². The van der Waals surface area contributed by atoms with E-state index >= 15 is 0 Å². The first-order chi connectivity index (χ1) is 5.29. The SMILES string of the molecule is NC(=O)C1=CC=C2C=CC=C21. The monoisotopic (exact) mass is 145 g/mol. The van der Waals surface area contributed by atoms with Gasteiger partial charge in [0.2, 0.25) is 5.91 Å². The maximum Gasteiger partial charge on any atom is 0.249 e. The molecule has 0 saturated carbocycles. The van der Waals surface area contributed by atoms with Gasteiger partial charge in [0, 0.05) is 5.57 Å². The van der Waals surface area contributed by atoms with Crippen molar-refractivity contribution in [3.05, 3.63) is 47.1 Å². The Morgan fingerprint density at radius 1 is 1.27 bits per heavy atom. The summed E-state index contributed by atoms with van der Waals surface area (Å²) in [4.78, 5) is 10.8. The molecule has 0 aromatic heterocycles. The molecule has 2 heteroatoms. The molecule has 2 aliphatic carbocycles. The van der Waals surface area contributed by atoms with Crippen molar-refractivity contribution in [2.24, 2.45) is 5.73 Å². The molecular formula is C9H7NO. The van der Waals surface area contributed by atoms with Gasteiger partial charge in [0.05, 0.1) is 0 Å².